The molecule has 1 aromatic carbocycles. The molecule has 12 heteroatoms. The molecular formula is C20H24F3NO6S2. The van der Waals surface area contributed by atoms with Gasteiger partial charge in [-0.3, -0.25) is 0 Å². The zero-order valence-electron chi connectivity index (χ0n) is 17.8. The van der Waals surface area contributed by atoms with Crippen LogP contribution < -0.4 is 0 Å². The summed E-state index contributed by atoms with van der Waals surface area (Å²) in [6, 6.07) is 5.43. The van der Waals surface area contributed by atoms with E-state index in [1.54, 1.807) is 20.8 Å². The monoisotopic (exact) mass is 495 g/mol. The number of fused-ring (bicyclic) bond motifs is 1. The molecule has 178 valence electrons. The Hall–Kier alpha value is -2.08. The lowest BCUT2D eigenvalue weighted by atomic mass is 9.91. The average Bonchev–Trinajstić information content (AvgIpc) is 2.64. The third-order valence-electron chi connectivity index (χ3n) is 5.45. The van der Waals surface area contributed by atoms with Crippen molar-refractivity contribution in [2.75, 3.05) is 18.8 Å². The number of likely N-dealkylation sites (tertiary alicyclic amines) is 1. The van der Waals surface area contributed by atoms with Crippen LogP contribution in [-0.2, 0) is 24.4 Å². The van der Waals surface area contributed by atoms with Crippen molar-refractivity contribution in [1.82, 2.24) is 4.90 Å². The molecule has 1 spiro atoms. The van der Waals surface area contributed by atoms with Gasteiger partial charge in [0.15, 0.2) is 9.84 Å². The van der Waals surface area contributed by atoms with Gasteiger partial charge in [-0.2, -0.15) is 13.2 Å². The summed E-state index contributed by atoms with van der Waals surface area (Å²) < 4.78 is 93.4. The summed E-state index contributed by atoms with van der Waals surface area (Å²) in [5.74, 6) is -1.36. The molecule has 1 amide bonds. The van der Waals surface area contributed by atoms with Gasteiger partial charge in [-0.1, -0.05) is 24.3 Å². The molecular weight excluding hydrogens is 471 g/mol. The second kappa shape index (κ2) is 7.75. The van der Waals surface area contributed by atoms with Gasteiger partial charge in [0.1, 0.15) is 5.60 Å². The molecule has 0 atom stereocenters. The van der Waals surface area contributed by atoms with E-state index in [0.29, 0.717) is 0 Å². The van der Waals surface area contributed by atoms with Crippen molar-refractivity contribution in [3.63, 3.8) is 0 Å². The lowest BCUT2D eigenvalue weighted by Gasteiger charge is -2.42. The number of halogens is 3. The largest absolute Gasteiger partial charge is 0.497 e. The van der Waals surface area contributed by atoms with Crippen LogP contribution in [0.25, 0.3) is 5.57 Å². The van der Waals surface area contributed by atoms with Crippen LogP contribution >= 0.6 is 0 Å². The van der Waals surface area contributed by atoms with Gasteiger partial charge < -0.3 is 9.64 Å². The van der Waals surface area contributed by atoms with E-state index >= 15 is 0 Å². The molecule has 0 aliphatic carbocycles. The molecule has 2 heterocycles. The predicted molar refractivity (Wildman–Crippen MR) is 111 cm³/mol. The minimum atomic E-state index is -5.52. The maximum atomic E-state index is 13.4. The van der Waals surface area contributed by atoms with Crippen LogP contribution in [0.1, 0.15) is 39.2 Å². The first kappa shape index (κ1) is 24.6. The highest BCUT2D eigenvalue weighted by molar-refractivity contribution is 7.93. The Labute approximate surface area is 185 Å². The Balaban J connectivity index is 2.01. The third-order valence-corrected chi connectivity index (χ3v) is 9.38. The normalized spacial score (nSPS) is 20.4. The van der Waals surface area contributed by atoms with Gasteiger partial charge in [-0.05, 0) is 50.8 Å². The van der Waals surface area contributed by atoms with Crippen molar-refractivity contribution >= 4 is 31.3 Å². The van der Waals surface area contributed by atoms with Gasteiger partial charge in [0.05, 0.1) is 15.4 Å². The Morgan fingerprint density at radius 3 is 2.22 bits per heavy atom. The Morgan fingerprint density at radius 2 is 1.69 bits per heavy atom. The first-order valence-corrected chi connectivity index (χ1v) is 13.0. The van der Waals surface area contributed by atoms with E-state index in [1.165, 1.54) is 29.2 Å². The summed E-state index contributed by atoms with van der Waals surface area (Å²) in [4.78, 5) is 13.5. The molecule has 2 aliphatic heterocycles. The second-order valence-corrected chi connectivity index (χ2v) is 13.1. The van der Waals surface area contributed by atoms with E-state index in [0.717, 1.165) is 6.08 Å². The summed E-state index contributed by atoms with van der Waals surface area (Å²) in [6.45, 7) is 5.05. The van der Waals surface area contributed by atoms with E-state index in [4.69, 9.17) is 4.74 Å². The number of hydrogen-bond donors (Lipinski definition) is 0. The highest BCUT2D eigenvalue weighted by atomic mass is 32.2. The molecule has 1 aromatic rings. The number of piperidine rings is 1. The quantitative estimate of drug-likeness (QED) is 0.622. The molecule has 0 saturated carbocycles. The molecule has 3 rings (SSSR count). The lowest BCUT2D eigenvalue weighted by molar-refractivity contribution is -0.0432. The van der Waals surface area contributed by atoms with Crippen molar-refractivity contribution in [3.8, 4) is 0 Å². The molecule has 1 saturated heterocycles. The Kier molecular flexibility index (Phi) is 5.95. The number of amides is 1. The van der Waals surface area contributed by atoms with Crippen molar-refractivity contribution in [1.29, 1.82) is 0 Å². The number of carbonyl (C=O) groups excluding carboxylic acids is 1. The molecule has 1 fully saturated rings. The highest BCUT2D eigenvalue weighted by Gasteiger charge is 2.52. The van der Waals surface area contributed by atoms with Crippen LogP contribution in [0.3, 0.4) is 0 Å². The van der Waals surface area contributed by atoms with Gasteiger partial charge in [0.25, 0.3) is 9.84 Å². The van der Waals surface area contributed by atoms with Crippen LogP contribution in [0.15, 0.2) is 35.2 Å². The van der Waals surface area contributed by atoms with E-state index in [9.17, 15) is 34.8 Å². The van der Waals surface area contributed by atoms with Crippen molar-refractivity contribution in [2.24, 2.45) is 0 Å². The number of nitrogens with zero attached hydrogens (tertiary/aromatic N) is 1. The van der Waals surface area contributed by atoms with Gasteiger partial charge >= 0.3 is 11.6 Å². The fourth-order valence-corrected chi connectivity index (χ4v) is 6.89. The van der Waals surface area contributed by atoms with E-state index < -0.39 is 47.4 Å². The summed E-state index contributed by atoms with van der Waals surface area (Å²) in [6.07, 6.45) is 0.321. The minimum absolute atomic E-state index is 0.00783. The number of hydrogen-bond acceptors (Lipinski definition) is 6. The molecule has 0 radical (unpaired) electrons. The fourth-order valence-electron chi connectivity index (χ4n) is 3.87. The summed E-state index contributed by atoms with van der Waals surface area (Å²) in [5, 5.41) is 0. The molecule has 7 nitrogen and oxygen atoms in total. The van der Waals surface area contributed by atoms with Crippen molar-refractivity contribution in [2.45, 2.75) is 54.4 Å². The van der Waals surface area contributed by atoms with E-state index in [2.05, 4.69) is 0 Å². The number of ether oxygens (including phenoxy) is 1. The van der Waals surface area contributed by atoms with Crippen molar-refractivity contribution < 1.29 is 39.5 Å². The van der Waals surface area contributed by atoms with Gasteiger partial charge in [-0.25, -0.2) is 21.6 Å². The molecule has 0 N–H and O–H groups in total. The first-order chi connectivity index (χ1) is 14.5. The number of benzene rings is 1. The molecule has 0 bridgehead atoms. The fraction of sp³-hybridized carbons (Fsp3) is 0.550. The van der Waals surface area contributed by atoms with Crippen LogP contribution in [0.4, 0.5) is 18.0 Å². The van der Waals surface area contributed by atoms with Gasteiger partial charge in [0.2, 0.25) is 0 Å². The standard InChI is InChI=1S/C20H24F3NO6S2/c1-18(2,3)30-17(25)24-10-8-19(9-11-24)12-14(13-31(26,27)20(21,22)23)15-6-4-5-7-16(15)32(19,28)29/h4-7,12H,8-11,13H2,1-3H3. The van der Waals surface area contributed by atoms with E-state index in [1.807, 2.05) is 0 Å². The zero-order chi connectivity index (χ0) is 24.2. The van der Waals surface area contributed by atoms with Gasteiger partial charge in [0, 0.05) is 13.1 Å². The zero-order valence-corrected chi connectivity index (χ0v) is 19.4. The third kappa shape index (κ3) is 4.39. The maximum Gasteiger partial charge on any atom is 0.497 e. The average molecular weight is 496 g/mol. The molecule has 32 heavy (non-hydrogen) atoms. The minimum Gasteiger partial charge on any atom is -0.444 e. The number of carbonyl (C=O) groups is 1. The van der Waals surface area contributed by atoms with Crippen LogP contribution in [0.2, 0.25) is 0 Å². The smallest absolute Gasteiger partial charge is 0.444 e. The van der Waals surface area contributed by atoms with Gasteiger partial charge in [-0.15, -0.1) is 0 Å². The molecule has 0 aromatic heterocycles. The molecule has 2 aliphatic rings. The predicted octanol–water partition coefficient (Wildman–Crippen LogP) is 3.56. The van der Waals surface area contributed by atoms with Crippen LogP contribution in [-0.4, -0.2) is 62.5 Å². The highest BCUT2D eigenvalue weighted by Crippen LogP contribution is 2.45. The summed E-state index contributed by atoms with van der Waals surface area (Å²) >= 11 is 0. The lowest BCUT2D eigenvalue weighted by Crippen LogP contribution is -2.52. The maximum absolute atomic E-state index is 13.4. The number of sulfone groups is 2. The Bertz CT molecular complexity index is 1160. The Morgan fingerprint density at radius 1 is 1.12 bits per heavy atom. The number of alkyl halides is 3. The van der Waals surface area contributed by atoms with Crippen LogP contribution in [0, 0.1) is 0 Å². The van der Waals surface area contributed by atoms with Crippen molar-refractivity contribution in [3.05, 3.63) is 35.9 Å². The number of rotatable bonds is 2. The summed E-state index contributed by atoms with van der Waals surface area (Å²) in [5.41, 5.74) is -6.48. The van der Waals surface area contributed by atoms with E-state index in [-0.39, 0.29) is 42.0 Å². The topological polar surface area (TPSA) is 97.8 Å². The SMILES string of the molecule is CC(C)(C)OC(=O)N1CCC2(C=C(CS(=O)(=O)C(F)(F)F)c3ccccc3S2(=O)=O)CC1. The van der Waals surface area contributed by atoms with Crippen LogP contribution in [0.5, 0.6) is 0 Å². The summed E-state index contributed by atoms with van der Waals surface area (Å²) in [7, 11) is -9.57. The second-order valence-electron chi connectivity index (χ2n) is 8.91. The first-order valence-electron chi connectivity index (χ1n) is 9.82. The molecule has 0 unspecified atom stereocenters.